The summed E-state index contributed by atoms with van der Waals surface area (Å²) in [5, 5.41) is 0.817. The molecule has 0 unspecified atom stereocenters. The Morgan fingerprint density at radius 2 is 1.88 bits per heavy atom. The molecule has 1 aromatic carbocycles. The molecule has 1 aliphatic heterocycles. The van der Waals surface area contributed by atoms with Crippen LogP contribution in [0.25, 0.3) is 10.2 Å². The Labute approximate surface area is 146 Å². The van der Waals surface area contributed by atoms with E-state index in [0.717, 1.165) is 9.83 Å². The van der Waals surface area contributed by atoms with Crippen molar-refractivity contribution in [2.45, 2.75) is 18.7 Å². The van der Waals surface area contributed by atoms with Crippen molar-refractivity contribution in [1.29, 1.82) is 0 Å². The number of nitrogens with zero attached hydrogens (tertiary/aromatic N) is 3. The first kappa shape index (κ1) is 17.2. The number of hydrogen-bond donors (Lipinski definition) is 0. The summed E-state index contributed by atoms with van der Waals surface area (Å²) in [6.45, 7) is 6.60. The predicted octanol–water partition coefficient (Wildman–Crippen LogP) is 2.00. The summed E-state index contributed by atoms with van der Waals surface area (Å²) in [4.78, 5) is 20.9. The standard InChI is InChI=1S/C16H21N3O3S2/c1-11(2)15(20)18-7-9-19(10-8-18)16-17-14-12(23-16)5-4-6-13(14)24(3,21)22/h4-6,11H,7-10H2,1-3H3. The van der Waals surface area contributed by atoms with Gasteiger partial charge in [0.15, 0.2) is 15.0 Å². The molecule has 24 heavy (non-hydrogen) atoms. The van der Waals surface area contributed by atoms with Crippen LogP contribution in [0.5, 0.6) is 0 Å². The number of hydrogen-bond acceptors (Lipinski definition) is 6. The number of para-hydroxylation sites is 1. The van der Waals surface area contributed by atoms with Crippen LogP contribution in [0.3, 0.4) is 0 Å². The molecular weight excluding hydrogens is 346 g/mol. The number of piperazine rings is 1. The molecule has 0 bridgehead atoms. The highest BCUT2D eigenvalue weighted by Crippen LogP contribution is 2.33. The van der Waals surface area contributed by atoms with Gasteiger partial charge in [0.25, 0.3) is 0 Å². The third kappa shape index (κ3) is 3.25. The van der Waals surface area contributed by atoms with Crippen molar-refractivity contribution in [3.05, 3.63) is 18.2 Å². The zero-order valence-electron chi connectivity index (χ0n) is 14.0. The lowest BCUT2D eigenvalue weighted by molar-refractivity contribution is -0.134. The van der Waals surface area contributed by atoms with Gasteiger partial charge in [-0.25, -0.2) is 13.4 Å². The van der Waals surface area contributed by atoms with Crippen molar-refractivity contribution in [3.63, 3.8) is 0 Å². The zero-order valence-corrected chi connectivity index (χ0v) is 15.7. The molecule has 1 amide bonds. The van der Waals surface area contributed by atoms with Gasteiger partial charge in [0, 0.05) is 38.4 Å². The second kappa shape index (κ2) is 6.33. The number of carbonyl (C=O) groups excluding carboxylic acids is 1. The van der Waals surface area contributed by atoms with E-state index in [-0.39, 0.29) is 16.7 Å². The number of benzene rings is 1. The Kier molecular flexibility index (Phi) is 4.52. The van der Waals surface area contributed by atoms with Crippen LogP contribution in [-0.2, 0) is 14.6 Å². The van der Waals surface area contributed by atoms with E-state index in [4.69, 9.17) is 0 Å². The lowest BCUT2D eigenvalue weighted by atomic mass is 10.2. The maximum Gasteiger partial charge on any atom is 0.225 e. The van der Waals surface area contributed by atoms with E-state index in [1.807, 2.05) is 24.8 Å². The average molecular weight is 367 g/mol. The van der Waals surface area contributed by atoms with Gasteiger partial charge >= 0.3 is 0 Å². The maximum absolute atomic E-state index is 12.1. The van der Waals surface area contributed by atoms with Gasteiger partial charge in [0.05, 0.1) is 9.60 Å². The first-order valence-corrected chi connectivity index (χ1v) is 10.6. The molecule has 0 N–H and O–H groups in total. The topological polar surface area (TPSA) is 70.6 Å². The zero-order chi connectivity index (χ0) is 17.5. The van der Waals surface area contributed by atoms with E-state index in [0.29, 0.717) is 31.7 Å². The Bertz CT molecular complexity index is 866. The van der Waals surface area contributed by atoms with Gasteiger partial charge in [0.1, 0.15) is 5.52 Å². The van der Waals surface area contributed by atoms with Gasteiger partial charge in [-0.2, -0.15) is 0 Å². The van der Waals surface area contributed by atoms with Crippen molar-refractivity contribution < 1.29 is 13.2 Å². The van der Waals surface area contributed by atoms with Crippen LogP contribution in [0, 0.1) is 5.92 Å². The van der Waals surface area contributed by atoms with E-state index >= 15 is 0 Å². The molecule has 8 heteroatoms. The summed E-state index contributed by atoms with van der Waals surface area (Å²) in [6, 6.07) is 5.24. The molecule has 130 valence electrons. The molecule has 0 atom stereocenters. The van der Waals surface area contributed by atoms with E-state index in [2.05, 4.69) is 9.88 Å². The average Bonchev–Trinajstić information content (AvgIpc) is 2.97. The van der Waals surface area contributed by atoms with E-state index in [1.165, 1.54) is 17.6 Å². The highest BCUT2D eigenvalue weighted by atomic mass is 32.2. The molecule has 1 aliphatic rings. The number of anilines is 1. The number of thiazole rings is 1. The summed E-state index contributed by atoms with van der Waals surface area (Å²) < 4.78 is 24.7. The molecular formula is C16H21N3O3S2. The Morgan fingerprint density at radius 1 is 1.21 bits per heavy atom. The Balaban J connectivity index is 1.83. The van der Waals surface area contributed by atoms with Gasteiger partial charge in [-0.1, -0.05) is 31.3 Å². The lowest BCUT2D eigenvalue weighted by Gasteiger charge is -2.35. The fourth-order valence-corrected chi connectivity index (χ4v) is 4.77. The number of sulfone groups is 1. The van der Waals surface area contributed by atoms with Gasteiger partial charge < -0.3 is 9.80 Å². The Morgan fingerprint density at radius 3 is 2.46 bits per heavy atom. The van der Waals surface area contributed by atoms with Crippen LogP contribution in [0.15, 0.2) is 23.1 Å². The summed E-state index contributed by atoms with van der Waals surface area (Å²) >= 11 is 1.50. The molecule has 0 aliphatic carbocycles. The third-order valence-corrected chi connectivity index (χ3v) is 6.34. The lowest BCUT2D eigenvalue weighted by Crippen LogP contribution is -2.49. The summed E-state index contributed by atoms with van der Waals surface area (Å²) in [5.74, 6) is 0.189. The molecule has 1 fully saturated rings. The monoisotopic (exact) mass is 367 g/mol. The van der Waals surface area contributed by atoms with E-state index in [1.54, 1.807) is 12.1 Å². The molecule has 1 saturated heterocycles. The normalized spacial score (nSPS) is 16.2. The fraction of sp³-hybridized carbons (Fsp3) is 0.500. The van der Waals surface area contributed by atoms with Crippen LogP contribution in [0.4, 0.5) is 5.13 Å². The molecule has 0 radical (unpaired) electrons. The predicted molar refractivity (Wildman–Crippen MR) is 96.4 cm³/mol. The number of amides is 1. The van der Waals surface area contributed by atoms with Crippen molar-refractivity contribution >= 4 is 42.4 Å². The van der Waals surface area contributed by atoms with E-state index in [9.17, 15) is 13.2 Å². The molecule has 0 saturated carbocycles. The second-order valence-electron chi connectivity index (χ2n) is 6.34. The van der Waals surface area contributed by atoms with Crippen LogP contribution in [0.1, 0.15) is 13.8 Å². The van der Waals surface area contributed by atoms with Crippen molar-refractivity contribution in [2.75, 3.05) is 37.3 Å². The van der Waals surface area contributed by atoms with Crippen molar-refractivity contribution in [2.24, 2.45) is 5.92 Å². The third-order valence-electron chi connectivity index (χ3n) is 4.13. The van der Waals surface area contributed by atoms with Crippen molar-refractivity contribution in [1.82, 2.24) is 9.88 Å². The largest absolute Gasteiger partial charge is 0.345 e. The minimum Gasteiger partial charge on any atom is -0.345 e. The second-order valence-corrected chi connectivity index (χ2v) is 9.33. The number of aromatic nitrogens is 1. The number of fused-ring (bicyclic) bond motifs is 1. The number of rotatable bonds is 3. The molecule has 0 spiro atoms. The minimum absolute atomic E-state index is 0.0105. The highest BCUT2D eigenvalue weighted by molar-refractivity contribution is 7.91. The van der Waals surface area contributed by atoms with Gasteiger partial charge in [-0.15, -0.1) is 0 Å². The van der Waals surface area contributed by atoms with Gasteiger partial charge in [-0.05, 0) is 12.1 Å². The van der Waals surface area contributed by atoms with Gasteiger partial charge in [0.2, 0.25) is 5.91 Å². The quantitative estimate of drug-likeness (QED) is 0.830. The molecule has 6 nitrogen and oxygen atoms in total. The summed E-state index contributed by atoms with van der Waals surface area (Å²) in [7, 11) is -3.30. The maximum atomic E-state index is 12.1. The first-order chi connectivity index (χ1) is 11.3. The molecule has 2 heterocycles. The van der Waals surface area contributed by atoms with Crippen molar-refractivity contribution in [3.8, 4) is 0 Å². The smallest absolute Gasteiger partial charge is 0.225 e. The van der Waals surface area contributed by atoms with Crippen LogP contribution < -0.4 is 4.90 Å². The van der Waals surface area contributed by atoms with Crippen LogP contribution in [0.2, 0.25) is 0 Å². The number of carbonyl (C=O) groups is 1. The van der Waals surface area contributed by atoms with Crippen LogP contribution in [-0.4, -0.2) is 56.6 Å². The Hall–Kier alpha value is -1.67. The summed E-state index contributed by atoms with van der Waals surface area (Å²) in [5.41, 5.74) is 0.542. The first-order valence-electron chi connectivity index (χ1n) is 7.90. The SMILES string of the molecule is CC(C)C(=O)N1CCN(c2nc3c(S(C)(=O)=O)cccc3s2)CC1. The molecule has 2 aromatic rings. The minimum atomic E-state index is -3.30. The highest BCUT2D eigenvalue weighted by Gasteiger charge is 2.25. The van der Waals surface area contributed by atoms with Gasteiger partial charge in [-0.3, -0.25) is 4.79 Å². The fourth-order valence-electron chi connectivity index (χ4n) is 2.83. The molecule has 3 rings (SSSR count). The van der Waals surface area contributed by atoms with Crippen LogP contribution >= 0.6 is 11.3 Å². The van der Waals surface area contributed by atoms with E-state index < -0.39 is 9.84 Å². The molecule has 1 aromatic heterocycles. The summed E-state index contributed by atoms with van der Waals surface area (Å²) in [6.07, 6.45) is 1.21.